The van der Waals surface area contributed by atoms with Crippen LogP contribution in [0.3, 0.4) is 0 Å². The van der Waals surface area contributed by atoms with E-state index in [0.29, 0.717) is 13.1 Å². The van der Waals surface area contributed by atoms with E-state index < -0.39 is 0 Å². The SMILES string of the molecule is CCN(CC(=O)NC(C)C)C(=O)CN1CCN(c2ccccn2)CC1. The molecular weight excluding hydrogens is 318 g/mol. The molecule has 1 fully saturated rings. The van der Waals surface area contributed by atoms with E-state index in [9.17, 15) is 9.59 Å². The lowest BCUT2D eigenvalue weighted by Gasteiger charge is -2.35. The van der Waals surface area contributed by atoms with E-state index in [-0.39, 0.29) is 24.4 Å². The van der Waals surface area contributed by atoms with Crippen LogP contribution in [0.5, 0.6) is 0 Å². The molecule has 25 heavy (non-hydrogen) atoms. The van der Waals surface area contributed by atoms with Crippen LogP contribution < -0.4 is 10.2 Å². The molecule has 0 saturated carbocycles. The third-order valence-electron chi connectivity index (χ3n) is 4.22. The predicted octanol–water partition coefficient (Wildman–Crippen LogP) is 0.577. The Morgan fingerprint density at radius 2 is 1.96 bits per heavy atom. The highest BCUT2D eigenvalue weighted by Crippen LogP contribution is 2.12. The number of hydrogen-bond donors (Lipinski definition) is 1. The Morgan fingerprint density at radius 1 is 1.24 bits per heavy atom. The molecule has 7 nitrogen and oxygen atoms in total. The highest BCUT2D eigenvalue weighted by molar-refractivity contribution is 5.85. The average molecular weight is 347 g/mol. The maximum atomic E-state index is 12.5. The van der Waals surface area contributed by atoms with E-state index in [2.05, 4.69) is 20.1 Å². The first-order valence-electron chi connectivity index (χ1n) is 8.95. The van der Waals surface area contributed by atoms with Crippen LogP contribution in [0.15, 0.2) is 24.4 Å². The van der Waals surface area contributed by atoms with E-state index in [1.807, 2.05) is 39.0 Å². The number of rotatable bonds is 7. The summed E-state index contributed by atoms with van der Waals surface area (Å²) in [5.74, 6) is 0.881. The lowest BCUT2D eigenvalue weighted by molar-refractivity contribution is -0.137. The van der Waals surface area contributed by atoms with E-state index in [4.69, 9.17) is 0 Å². The summed E-state index contributed by atoms with van der Waals surface area (Å²) in [4.78, 5) is 34.7. The molecule has 2 rings (SSSR count). The smallest absolute Gasteiger partial charge is 0.239 e. The van der Waals surface area contributed by atoms with Crippen LogP contribution in [0.2, 0.25) is 0 Å². The maximum Gasteiger partial charge on any atom is 0.239 e. The Bertz CT molecular complexity index is 556. The highest BCUT2D eigenvalue weighted by atomic mass is 16.2. The predicted molar refractivity (Wildman–Crippen MR) is 98.4 cm³/mol. The Labute approximate surface area is 150 Å². The number of carbonyl (C=O) groups is 2. The molecule has 1 aromatic rings. The normalized spacial score (nSPS) is 15.3. The maximum absolute atomic E-state index is 12.5. The Kier molecular flexibility index (Phi) is 7.18. The molecule has 138 valence electrons. The molecular formula is C18H29N5O2. The van der Waals surface area contributed by atoms with Gasteiger partial charge in [-0.05, 0) is 32.9 Å². The lowest BCUT2D eigenvalue weighted by atomic mass is 10.3. The second-order valence-corrected chi connectivity index (χ2v) is 6.58. The van der Waals surface area contributed by atoms with Gasteiger partial charge in [0, 0.05) is 45.0 Å². The Balaban J connectivity index is 1.79. The van der Waals surface area contributed by atoms with E-state index in [1.54, 1.807) is 11.1 Å². The molecule has 1 aromatic heterocycles. The minimum Gasteiger partial charge on any atom is -0.354 e. The minimum absolute atomic E-state index is 0.00712. The first kappa shape index (κ1) is 19.2. The van der Waals surface area contributed by atoms with Gasteiger partial charge in [0.2, 0.25) is 11.8 Å². The van der Waals surface area contributed by atoms with Gasteiger partial charge in [0.05, 0.1) is 13.1 Å². The fourth-order valence-electron chi connectivity index (χ4n) is 2.88. The van der Waals surface area contributed by atoms with Gasteiger partial charge in [-0.3, -0.25) is 14.5 Å². The first-order valence-corrected chi connectivity index (χ1v) is 8.95. The van der Waals surface area contributed by atoms with Crippen LogP contribution in [0, 0.1) is 0 Å². The molecule has 0 aliphatic carbocycles. The largest absolute Gasteiger partial charge is 0.354 e. The number of carbonyl (C=O) groups excluding carboxylic acids is 2. The third kappa shape index (κ3) is 6.01. The number of aromatic nitrogens is 1. The van der Waals surface area contributed by atoms with Gasteiger partial charge in [-0.15, -0.1) is 0 Å². The molecule has 0 bridgehead atoms. The van der Waals surface area contributed by atoms with Crippen molar-refractivity contribution in [3.8, 4) is 0 Å². The highest BCUT2D eigenvalue weighted by Gasteiger charge is 2.23. The van der Waals surface area contributed by atoms with Crippen molar-refractivity contribution in [1.29, 1.82) is 0 Å². The third-order valence-corrected chi connectivity index (χ3v) is 4.22. The van der Waals surface area contributed by atoms with Gasteiger partial charge in [-0.2, -0.15) is 0 Å². The van der Waals surface area contributed by atoms with Gasteiger partial charge in [-0.25, -0.2) is 4.98 Å². The van der Waals surface area contributed by atoms with Gasteiger partial charge in [-0.1, -0.05) is 6.07 Å². The molecule has 0 radical (unpaired) electrons. The number of pyridine rings is 1. The van der Waals surface area contributed by atoms with Crippen molar-refractivity contribution in [3.63, 3.8) is 0 Å². The molecule has 1 N–H and O–H groups in total. The first-order chi connectivity index (χ1) is 12.0. The van der Waals surface area contributed by atoms with Crippen molar-refractivity contribution in [1.82, 2.24) is 20.1 Å². The van der Waals surface area contributed by atoms with E-state index >= 15 is 0 Å². The molecule has 2 amide bonds. The standard InChI is InChI=1S/C18H29N5O2/c1-4-22(13-17(24)20-15(2)3)18(25)14-21-9-11-23(12-10-21)16-7-5-6-8-19-16/h5-8,15H,4,9-14H2,1-3H3,(H,20,24). The summed E-state index contributed by atoms with van der Waals surface area (Å²) >= 11 is 0. The number of amides is 2. The number of anilines is 1. The van der Waals surface area contributed by atoms with Crippen LogP contribution in [-0.4, -0.2) is 78.5 Å². The summed E-state index contributed by atoms with van der Waals surface area (Å²) < 4.78 is 0. The van der Waals surface area contributed by atoms with Gasteiger partial charge in [0.25, 0.3) is 0 Å². The molecule has 0 aromatic carbocycles. The quantitative estimate of drug-likeness (QED) is 0.781. The van der Waals surface area contributed by atoms with E-state index in [0.717, 1.165) is 32.0 Å². The second kappa shape index (κ2) is 9.36. The summed E-state index contributed by atoms with van der Waals surface area (Å²) in [6, 6.07) is 5.99. The fourth-order valence-corrected chi connectivity index (χ4v) is 2.88. The summed E-state index contributed by atoms with van der Waals surface area (Å²) in [7, 11) is 0. The molecule has 1 aliphatic rings. The Hall–Kier alpha value is -2.15. The fraction of sp³-hybridized carbons (Fsp3) is 0.611. The number of likely N-dealkylation sites (N-methyl/N-ethyl adjacent to an activating group) is 1. The molecule has 0 spiro atoms. The van der Waals surface area contributed by atoms with Crippen molar-refractivity contribution in [2.75, 3.05) is 50.7 Å². The van der Waals surface area contributed by atoms with Gasteiger partial charge in [0.15, 0.2) is 0 Å². The molecule has 7 heteroatoms. The number of nitrogens with zero attached hydrogens (tertiary/aromatic N) is 4. The van der Waals surface area contributed by atoms with E-state index in [1.165, 1.54) is 0 Å². The zero-order valence-electron chi connectivity index (χ0n) is 15.4. The zero-order valence-corrected chi connectivity index (χ0v) is 15.4. The zero-order chi connectivity index (χ0) is 18.2. The van der Waals surface area contributed by atoms with Crippen LogP contribution in [0.25, 0.3) is 0 Å². The van der Waals surface area contributed by atoms with Crippen LogP contribution in [0.1, 0.15) is 20.8 Å². The topological polar surface area (TPSA) is 68.8 Å². The van der Waals surface area contributed by atoms with Crippen molar-refractivity contribution in [2.24, 2.45) is 0 Å². The van der Waals surface area contributed by atoms with Crippen LogP contribution in [-0.2, 0) is 9.59 Å². The second-order valence-electron chi connectivity index (χ2n) is 6.58. The van der Waals surface area contributed by atoms with Crippen molar-refractivity contribution in [3.05, 3.63) is 24.4 Å². The van der Waals surface area contributed by atoms with Gasteiger partial charge in [0.1, 0.15) is 5.82 Å². The van der Waals surface area contributed by atoms with Crippen LogP contribution in [0.4, 0.5) is 5.82 Å². The summed E-state index contributed by atoms with van der Waals surface area (Å²) in [5.41, 5.74) is 0. The lowest BCUT2D eigenvalue weighted by Crippen LogP contribution is -2.51. The number of piperazine rings is 1. The average Bonchev–Trinajstić information content (AvgIpc) is 2.60. The molecule has 2 heterocycles. The van der Waals surface area contributed by atoms with Crippen LogP contribution >= 0.6 is 0 Å². The summed E-state index contributed by atoms with van der Waals surface area (Å²) in [6.07, 6.45) is 1.80. The van der Waals surface area contributed by atoms with Crippen molar-refractivity contribution in [2.45, 2.75) is 26.8 Å². The minimum atomic E-state index is -0.106. The Morgan fingerprint density at radius 3 is 2.52 bits per heavy atom. The number of nitrogens with one attached hydrogen (secondary N) is 1. The monoisotopic (exact) mass is 347 g/mol. The summed E-state index contributed by atoms with van der Waals surface area (Å²) in [5, 5.41) is 2.83. The van der Waals surface area contributed by atoms with Crippen molar-refractivity contribution < 1.29 is 9.59 Å². The molecule has 0 atom stereocenters. The van der Waals surface area contributed by atoms with Gasteiger partial charge >= 0.3 is 0 Å². The molecule has 0 unspecified atom stereocenters. The van der Waals surface area contributed by atoms with Crippen molar-refractivity contribution >= 4 is 17.6 Å². The summed E-state index contributed by atoms with van der Waals surface area (Å²) in [6.45, 7) is 10.1. The molecule has 1 aliphatic heterocycles. The molecule has 1 saturated heterocycles. The van der Waals surface area contributed by atoms with Gasteiger partial charge < -0.3 is 15.1 Å². The number of hydrogen-bond acceptors (Lipinski definition) is 5.